The minimum atomic E-state index is -3.74. The molecule has 9 heteroatoms. The summed E-state index contributed by atoms with van der Waals surface area (Å²) in [7, 11) is -3.74. The Bertz CT molecular complexity index is 943. The zero-order chi connectivity index (χ0) is 19.4. The van der Waals surface area contributed by atoms with Gasteiger partial charge in [0.05, 0.1) is 35.3 Å². The molecule has 3 rings (SSSR count). The molecule has 1 fully saturated rings. The SMILES string of the molecule is O=C(Nc1cccc(CO)c1)c1cc(S(=O)(=O)N2CCOCC2)ccc1Cl. The van der Waals surface area contributed by atoms with Crippen LogP contribution in [-0.2, 0) is 21.4 Å². The van der Waals surface area contributed by atoms with Crippen LogP contribution in [0.2, 0.25) is 5.02 Å². The Morgan fingerprint density at radius 1 is 1.19 bits per heavy atom. The third-order valence-electron chi connectivity index (χ3n) is 4.16. The summed E-state index contributed by atoms with van der Waals surface area (Å²) in [6.45, 7) is 1.04. The summed E-state index contributed by atoms with van der Waals surface area (Å²) in [4.78, 5) is 12.6. The van der Waals surface area contributed by atoms with Crippen LogP contribution in [-0.4, -0.2) is 50.0 Å². The van der Waals surface area contributed by atoms with E-state index in [9.17, 15) is 18.3 Å². The fourth-order valence-corrected chi connectivity index (χ4v) is 4.36. The van der Waals surface area contributed by atoms with Gasteiger partial charge in [-0.2, -0.15) is 4.31 Å². The minimum absolute atomic E-state index is 0.00283. The van der Waals surface area contributed by atoms with Gasteiger partial charge in [0.2, 0.25) is 10.0 Å². The van der Waals surface area contributed by atoms with Gasteiger partial charge in [-0.05, 0) is 35.9 Å². The molecule has 1 amide bonds. The smallest absolute Gasteiger partial charge is 0.257 e. The quantitative estimate of drug-likeness (QED) is 0.787. The highest BCUT2D eigenvalue weighted by molar-refractivity contribution is 7.89. The molecule has 1 aliphatic heterocycles. The Balaban J connectivity index is 1.87. The first-order chi connectivity index (χ1) is 12.9. The van der Waals surface area contributed by atoms with Crippen molar-refractivity contribution < 1.29 is 23.1 Å². The van der Waals surface area contributed by atoms with E-state index in [1.54, 1.807) is 24.3 Å². The number of nitrogens with one attached hydrogen (secondary N) is 1. The van der Waals surface area contributed by atoms with Crippen LogP contribution < -0.4 is 5.32 Å². The zero-order valence-electron chi connectivity index (χ0n) is 14.4. The second-order valence-corrected chi connectivity index (χ2v) is 8.32. The van der Waals surface area contributed by atoms with E-state index in [1.807, 2.05) is 0 Å². The number of sulfonamides is 1. The molecule has 0 radical (unpaired) electrons. The summed E-state index contributed by atoms with van der Waals surface area (Å²) in [6, 6.07) is 10.8. The molecule has 1 heterocycles. The van der Waals surface area contributed by atoms with Crippen LogP contribution in [0.1, 0.15) is 15.9 Å². The summed E-state index contributed by atoms with van der Waals surface area (Å²) in [5.41, 5.74) is 1.17. The molecule has 0 unspecified atom stereocenters. The van der Waals surface area contributed by atoms with Crippen LogP contribution in [0.25, 0.3) is 0 Å². The Labute approximate surface area is 162 Å². The van der Waals surface area contributed by atoms with Crippen molar-refractivity contribution in [2.24, 2.45) is 0 Å². The lowest BCUT2D eigenvalue weighted by molar-refractivity contribution is 0.0730. The van der Waals surface area contributed by atoms with Crippen LogP contribution in [0.3, 0.4) is 0 Å². The molecule has 27 heavy (non-hydrogen) atoms. The van der Waals surface area contributed by atoms with Gasteiger partial charge in [0, 0.05) is 18.8 Å². The maximum atomic E-state index is 12.8. The van der Waals surface area contributed by atoms with E-state index in [2.05, 4.69) is 5.32 Å². The summed E-state index contributed by atoms with van der Waals surface area (Å²) in [6.07, 6.45) is 0. The van der Waals surface area contributed by atoms with Gasteiger partial charge >= 0.3 is 0 Å². The first-order valence-electron chi connectivity index (χ1n) is 8.30. The second-order valence-electron chi connectivity index (χ2n) is 5.97. The Hall–Kier alpha value is -1.97. The zero-order valence-corrected chi connectivity index (χ0v) is 16.0. The monoisotopic (exact) mass is 410 g/mol. The van der Waals surface area contributed by atoms with E-state index in [4.69, 9.17) is 16.3 Å². The molecular formula is C18H19ClN2O5S. The highest BCUT2D eigenvalue weighted by Gasteiger charge is 2.27. The van der Waals surface area contributed by atoms with Crippen LogP contribution in [0, 0.1) is 0 Å². The van der Waals surface area contributed by atoms with Crippen LogP contribution >= 0.6 is 11.6 Å². The number of benzene rings is 2. The molecule has 0 saturated carbocycles. The standard InChI is InChI=1S/C18H19ClN2O5S/c19-17-5-4-15(27(24,25)21-6-8-26-9-7-21)11-16(17)18(23)20-14-3-1-2-13(10-14)12-22/h1-5,10-11,22H,6-9,12H2,(H,20,23). The lowest BCUT2D eigenvalue weighted by Crippen LogP contribution is -2.40. The minimum Gasteiger partial charge on any atom is -0.392 e. The number of amides is 1. The van der Waals surface area contributed by atoms with Gasteiger partial charge < -0.3 is 15.2 Å². The van der Waals surface area contributed by atoms with Gasteiger partial charge in [-0.1, -0.05) is 23.7 Å². The number of morpholine rings is 1. The van der Waals surface area contributed by atoms with Gasteiger partial charge in [-0.25, -0.2) is 8.42 Å². The van der Waals surface area contributed by atoms with Gasteiger partial charge in [0.25, 0.3) is 5.91 Å². The summed E-state index contributed by atoms with van der Waals surface area (Å²) in [5, 5.41) is 12.0. The van der Waals surface area contributed by atoms with Crippen LogP contribution in [0.15, 0.2) is 47.4 Å². The molecule has 0 spiro atoms. The molecule has 1 aliphatic rings. The molecule has 2 N–H and O–H groups in total. The Morgan fingerprint density at radius 2 is 1.93 bits per heavy atom. The number of carbonyl (C=O) groups is 1. The molecule has 2 aromatic rings. The number of halogens is 1. The van der Waals surface area contributed by atoms with Crippen molar-refractivity contribution in [3.05, 3.63) is 58.6 Å². The van der Waals surface area contributed by atoms with E-state index in [-0.39, 0.29) is 35.2 Å². The van der Waals surface area contributed by atoms with E-state index >= 15 is 0 Å². The number of anilines is 1. The average Bonchev–Trinajstić information content (AvgIpc) is 2.69. The van der Waals surface area contributed by atoms with E-state index < -0.39 is 15.9 Å². The molecule has 1 saturated heterocycles. The largest absolute Gasteiger partial charge is 0.392 e. The van der Waals surface area contributed by atoms with E-state index in [0.717, 1.165) is 0 Å². The Morgan fingerprint density at radius 3 is 2.63 bits per heavy atom. The highest BCUT2D eigenvalue weighted by atomic mass is 35.5. The normalized spacial score (nSPS) is 15.5. The Kier molecular flexibility index (Phi) is 6.13. The molecule has 0 bridgehead atoms. The van der Waals surface area contributed by atoms with Gasteiger partial charge in [0.1, 0.15) is 0 Å². The predicted molar refractivity (Wildman–Crippen MR) is 101 cm³/mol. The molecule has 144 valence electrons. The lowest BCUT2D eigenvalue weighted by atomic mass is 10.2. The third kappa shape index (κ3) is 4.48. The fourth-order valence-electron chi connectivity index (χ4n) is 2.72. The molecule has 0 aliphatic carbocycles. The van der Waals surface area contributed by atoms with Crippen LogP contribution in [0.4, 0.5) is 5.69 Å². The number of aliphatic hydroxyl groups excluding tert-OH is 1. The van der Waals surface area contributed by atoms with Crippen molar-refractivity contribution in [3.8, 4) is 0 Å². The number of rotatable bonds is 5. The fraction of sp³-hybridized carbons (Fsp3) is 0.278. The van der Waals surface area contributed by atoms with Crippen molar-refractivity contribution >= 4 is 33.2 Å². The highest BCUT2D eigenvalue weighted by Crippen LogP contribution is 2.24. The average molecular weight is 411 g/mol. The summed E-state index contributed by atoms with van der Waals surface area (Å²) in [5.74, 6) is -0.533. The maximum absolute atomic E-state index is 12.8. The van der Waals surface area contributed by atoms with Crippen molar-refractivity contribution in [2.45, 2.75) is 11.5 Å². The molecule has 7 nitrogen and oxygen atoms in total. The number of nitrogens with zero attached hydrogens (tertiary/aromatic N) is 1. The predicted octanol–water partition coefficient (Wildman–Crippen LogP) is 2.11. The van der Waals surface area contributed by atoms with Gasteiger partial charge in [-0.15, -0.1) is 0 Å². The van der Waals surface area contributed by atoms with Crippen LogP contribution in [0.5, 0.6) is 0 Å². The first-order valence-corrected chi connectivity index (χ1v) is 10.1. The molecule has 0 aromatic heterocycles. The number of aliphatic hydroxyl groups is 1. The molecule has 0 atom stereocenters. The number of hydrogen-bond acceptors (Lipinski definition) is 5. The summed E-state index contributed by atoms with van der Waals surface area (Å²) >= 11 is 6.12. The molecular weight excluding hydrogens is 392 g/mol. The van der Waals surface area contributed by atoms with Crippen molar-refractivity contribution in [1.29, 1.82) is 0 Å². The van der Waals surface area contributed by atoms with Gasteiger partial charge in [0.15, 0.2) is 0 Å². The molecule has 2 aromatic carbocycles. The van der Waals surface area contributed by atoms with Gasteiger partial charge in [-0.3, -0.25) is 4.79 Å². The number of hydrogen-bond donors (Lipinski definition) is 2. The van der Waals surface area contributed by atoms with Crippen molar-refractivity contribution in [3.63, 3.8) is 0 Å². The first kappa shape index (κ1) is 19.8. The number of ether oxygens (including phenoxy) is 1. The van der Waals surface area contributed by atoms with E-state index in [0.29, 0.717) is 24.5 Å². The third-order valence-corrected chi connectivity index (χ3v) is 6.38. The topological polar surface area (TPSA) is 95.9 Å². The second kappa shape index (κ2) is 8.37. The number of carbonyl (C=O) groups excluding carboxylic acids is 1. The maximum Gasteiger partial charge on any atom is 0.257 e. The van der Waals surface area contributed by atoms with Crippen molar-refractivity contribution in [2.75, 3.05) is 31.6 Å². The van der Waals surface area contributed by atoms with Crippen molar-refractivity contribution in [1.82, 2.24) is 4.31 Å². The summed E-state index contributed by atoms with van der Waals surface area (Å²) < 4.78 is 32.1. The van der Waals surface area contributed by atoms with E-state index in [1.165, 1.54) is 22.5 Å². The lowest BCUT2D eigenvalue weighted by Gasteiger charge is -2.26.